The molecule has 90 heavy (non-hydrogen) atoms. The second-order valence-electron chi connectivity index (χ2n) is 20.6. The first-order valence-corrected chi connectivity index (χ1v) is 28.8. The van der Waals surface area contributed by atoms with Gasteiger partial charge < -0.3 is 49.4 Å². The Hall–Kier alpha value is -10.9. The SMILES string of the molecule is COc1ccc(Nc2cc(Br)c3noc4c3c2C(=O)c2ccccc2-4)c(C)c1.COc1ccc(Nc2cc(N3CCC(C(=O)NCCCOCCCNc4ccc([N+](=O)[O-])cc4[N+](=O)[O-])CC3)c3noc4c3c2C(=O)c2ccccc2-4)c(C)c1.O=C=O.O=C=O. The summed E-state index contributed by atoms with van der Waals surface area (Å²) in [7, 11) is 3.26. The quantitative estimate of drug-likeness (QED) is 0.0332. The number of rotatable bonds is 19. The van der Waals surface area contributed by atoms with Crippen molar-refractivity contribution in [3.05, 3.63) is 173 Å². The minimum Gasteiger partial charge on any atom is -0.497 e. The number of fused-ring (bicyclic) bond motifs is 4. The number of nitrogens with zero attached hydrogens (tertiary/aromatic N) is 5. The molecule has 2 aliphatic carbocycles. The van der Waals surface area contributed by atoms with Crippen LogP contribution in [0.15, 0.2) is 129 Å². The van der Waals surface area contributed by atoms with Crippen molar-refractivity contribution in [3.8, 4) is 34.1 Å². The fourth-order valence-corrected chi connectivity index (χ4v) is 11.4. The average Bonchev–Trinajstić information content (AvgIpc) is 1.41. The molecule has 9 aromatic rings. The highest BCUT2D eigenvalue weighted by Crippen LogP contribution is 2.48. The van der Waals surface area contributed by atoms with Crippen molar-refractivity contribution in [2.75, 3.05) is 74.5 Å². The molecule has 0 bridgehead atoms. The van der Waals surface area contributed by atoms with E-state index in [-0.39, 0.29) is 52.8 Å². The Balaban J connectivity index is 0.000000234. The van der Waals surface area contributed by atoms with Crippen molar-refractivity contribution in [1.29, 1.82) is 0 Å². The van der Waals surface area contributed by atoms with E-state index in [0.29, 0.717) is 132 Å². The van der Waals surface area contributed by atoms with Crippen LogP contribution in [0.3, 0.4) is 0 Å². The summed E-state index contributed by atoms with van der Waals surface area (Å²) >= 11 is 3.57. The van der Waals surface area contributed by atoms with Crippen LogP contribution in [-0.4, -0.2) is 104 Å². The summed E-state index contributed by atoms with van der Waals surface area (Å²) < 4.78 is 28.7. The monoisotopic (exact) mass is 1290 g/mol. The normalized spacial score (nSPS) is 12.5. The predicted octanol–water partition coefficient (Wildman–Crippen LogP) is 11.9. The number of nitrogens with one attached hydrogen (secondary N) is 4. The van der Waals surface area contributed by atoms with Crippen molar-refractivity contribution in [2.24, 2.45) is 5.92 Å². The van der Waals surface area contributed by atoms with Crippen LogP contribution in [0.2, 0.25) is 0 Å². The molecule has 25 nitrogen and oxygen atoms in total. The van der Waals surface area contributed by atoms with Crippen molar-refractivity contribution >= 4 is 113 Å². The van der Waals surface area contributed by atoms with E-state index < -0.39 is 9.85 Å². The molecule has 0 radical (unpaired) electrons. The Bertz CT molecular complexity index is 4300. The van der Waals surface area contributed by atoms with E-state index in [1.165, 1.54) is 12.1 Å². The van der Waals surface area contributed by atoms with E-state index in [1.807, 2.05) is 105 Å². The topological polar surface area (TPSA) is 337 Å². The molecule has 4 N–H and O–H groups in total. The first-order chi connectivity index (χ1) is 43.5. The summed E-state index contributed by atoms with van der Waals surface area (Å²) in [5.74, 6) is 2.39. The van der Waals surface area contributed by atoms with Gasteiger partial charge in [0.1, 0.15) is 28.2 Å². The molecule has 7 aromatic carbocycles. The number of benzene rings is 7. The van der Waals surface area contributed by atoms with Gasteiger partial charge in [-0.3, -0.25) is 34.6 Å². The summed E-state index contributed by atoms with van der Waals surface area (Å²) in [5.41, 5.74) is 10.4. The molecule has 1 saturated heterocycles. The fourth-order valence-electron chi connectivity index (χ4n) is 10.9. The van der Waals surface area contributed by atoms with E-state index in [9.17, 15) is 34.6 Å². The zero-order chi connectivity index (χ0) is 64.2. The van der Waals surface area contributed by atoms with E-state index in [4.69, 9.17) is 42.4 Å². The van der Waals surface area contributed by atoms with Crippen LogP contribution in [0.1, 0.15) is 68.7 Å². The van der Waals surface area contributed by atoms with E-state index in [0.717, 1.165) is 61.2 Å². The minimum absolute atomic E-state index is 0.00305. The van der Waals surface area contributed by atoms with Crippen molar-refractivity contribution in [2.45, 2.75) is 39.5 Å². The maximum atomic E-state index is 14.1. The Morgan fingerprint density at radius 2 is 1.13 bits per heavy atom. The third-order valence-corrected chi connectivity index (χ3v) is 15.9. The average molecular weight is 1290 g/mol. The van der Waals surface area contributed by atoms with E-state index in [1.54, 1.807) is 20.3 Å². The molecule has 2 aromatic heterocycles. The predicted molar refractivity (Wildman–Crippen MR) is 332 cm³/mol. The highest BCUT2D eigenvalue weighted by Gasteiger charge is 2.36. The molecule has 1 fully saturated rings. The van der Waals surface area contributed by atoms with Gasteiger partial charge in [0, 0.05) is 89.5 Å². The number of ketones is 2. The number of ether oxygens (including phenoxy) is 3. The zero-order valence-electron chi connectivity index (χ0n) is 48.8. The van der Waals surface area contributed by atoms with Crippen LogP contribution in [-0.2, 0) is 28.7 Å². The highest BCUT2D eigenvalue weighted by molar-refractivity contribution is 9.10. The summed E-state index contributed by atoms with van der Waals surface area (Å²) in [6.07, 6.45) is 2.96. The van der Waals surface area contributed by atoms with Crippen LogP contribution in [0.25, 0.3) is 44.5 Å². The number of anilines is 6. The Kier molecular flexibility index (Phi) is 20.3. The van der Waals surface area contributed by atoms with E-state index in [2.05, 4.69) is 52.4 Å². The summed E-state index contributed by atoms with van der Waals surface area (Å²) in [6.45, 7) is 6.87. The maximum Gasteiger partial charge on any atom is 0.373 e. The van der Waals surface area contributed by atoms with Crippen molar-refractivity contribution in [3.63, 3.8) is 0 Å². The molecule has 0 atom stereocenters. The third-order valence-electron chi connectivity index (χ3n) is 15.3. The standard InChI is InChI=1S/C40H41N7O9.C22H15BrN2O3.2CO2/c1-24-21-27(54-2)10-12-30(24)43-32-23-34(37-36-35(32)38(48)28-7-3-4-8-29(28)39(36)56-44-37)45-17-13-25(14-18-45)40(49)42-16-6-20-55-19-5-15-41-31-11-9-26(46(50)51)22-33(31)47(52)53;1-11-9-12(27-2)7-8-16(11)24-17-10-15(23)20-19-18(17)21(26)13-5-3-4-6-14(13)22(19)28-25-20;2*2-1-3/h3-4,7-12,21-23,25,41,43H,5-6,13-20H2,1-2H3,(H,42,49);3-10,24H,1-2H3;;. The van der Waals surface area contributed by atoms with Crippen molar-refractivity contribution in [1.82, 2.24) is 15.6 Å². The zero-order valence-corrected chi connectivity index (χ0v) is 50.4. The number of nitro benzene ring substituents is 2. The Morgan fingerprint density at radius 1 is 0.644 bits per heavy atom. The molecular weight excluding hydrogens is 1230 g/mol. The fraction of sp³-hybridized carbons (Fsp3) is 0.234. The lowest BCUT2D eigenvalue weighted by molar-refractivity contribution is -0.393. The molecule has 1 amide bonds. The van der Waals surface area contributed by atoms with Crippen LogP contribution in [0, 0.1) is 40.0 Å². The van der Waals surface area contributed by atoms with Gasteiger partial charge in [0.15, 0.2) is 23.1 Å². The number of halogens is 1. The number of hydrogen-bond acceptors (Lipinski definition) is 22. The summed E-state index contributed by atoms with van der Waals surface area (Å²) in [6, 6.07) is 33.7. The van der Waals surface area contributed by atoms with Crippen LogP contribution in [0.5, 0.6) is 11.5 Å². The van der Waals surface area contributed by atoms with Crippen LogP contribution >= 0.6 is 15.9 Å². The molecule has 3 heterocycles. The van der Waals surface area contributed by atoms with Crippen molar-refractivity contribution < 1.29 is 66.7 Å². The first kappa shape index (κ1) is 63.6. The second kappa shape index (κ2) is 28.7. The van der Waals surface area contributed by atoms with Gasteiger partial charge in [-0.2, -0.15) is 19.2 Å². The summed E-state index contributed by atoms with van der Waals surface area (Å²) in [4.78, 5) is 96.2. The molecule has 0 unspecified atom stereocenters. The summed E-state index contributed by atoms with van der Waals surface area (Å²) in [5, 5.41) is 45.3. The van der Waals surface area contributed by atoms with Crippen LogP contribution in [0.4, 0.5) is 45.5 Å². The largest absolute Gasteiger partial charge is 0.497 e. The number of aromatic nitrogens is 2. The number of methoxy groups -OCH3 is 2. The number of nitro groups is 2. The number of piperidine rings is 1. The highest BCUT2D eigenvalue weighted by atomic mass is 79.9. The lowest BCUT2D eigenvalue weighted by atomic mass is 9.86. The van der Waals surface area contributed by atoms with Gasteiger partial charge in [0.2, 0.25) is 5.91 Å². The molecule has 460 valence electrons. The van der Waals surface area contributed by atoms with Gasteiger partial charge >= 0.3 is 12.3 Å². The van der Waals surface area contributed by atoms with Gasteiger partial charge in [-0.15, -0.1) is 0 Å². The molecule has 0 spiro atoms. The Morgan fingerprint density at radius 3 is 1.64 bits per heavy atom. The van der Waals surface area contributed by atoms with Crippen LogP contribution < -0.4 is 35.6 Å². The number of carbonyl (C=O) groups is 3. The van der Waals surface area contributed by atoms with Gasteiger partial charge in [-0.1, -0.05) is 58.8 Å². The molecule has 26 heteroatoms. The number of aryl methyl sites for hydroxylation is 2. The number of carbonyl (C=O) groups excluding carboxylic acids is 7. The molecule has 0 saturated carbocycles. The van der Waals surface area contributed by atoms with Gasteiger partial charge in [0.25, 0.3) is 11.4 Å². The van der Waals surface area contributed by atoms with Gasteiger partial charge in [-0.05, 0) is 121 Å². The van der Waals surface area contributed by atoms with Gasteiger partial charge in [0.05, 0.1) is 69.1 Å². The maximum absolute atomic E-state index is 14.1. The molecule has 3 aliphatic rings. The smallest absolute Gasteiger partial charge is 0.373 e. The third kappa shape index (κ3) is 13.5. The number of amides is 1. The lowest BCUT2D eigenvalue weighted by Gasteiger charge is -2.33. The molecular formula is C64H56BrN9O16. The van der Waals surface area contributed by atoms with Gasteiger partial charge in [-0.25, -0.2) is 0 Å². The minimum atomic E-state index is -0.674. The lowest BCUT2D eigenvalue weighted by Crippen LogP contribution is -2.41. The molecule has 1 aliphatic heterocycles. The number of non-ortho nitro benzene ring substituents is 1. The first-order valence-electron chi connectivity index (χ1n) is 28.0. The second-order valence-corrected chi connectivity index (χ2v) is 21.5. The number of hydrogen-bond donors (Lipinski definition) is 4. The Labute approximate surface area is 520 Å². The van der Waals surface area contributed by atoms with E-state index >= 15 is 0 Å². The molecule has 12 rings (SSSR count).